The first-order valence-corrected chi connectivity index (χ1v) is 57.9. The molecule has 148 heavy (non-hydrogen) atoms. The van der Waals surface area contributed by atoms with Gasteiger partial charge in [0, 0.05) is 57.3 Å². The van der Waals surface area contributed by atoms with Crippen molar-refractivity contribution in [3.63, 3.8) is 0 Å². The number of carboxylic acids is 5. The summed E-state index contributed by atoms with van der Waals surface area (Å²) in [5.41, 5.74) is 4.67. The molecule has 10 rings (SSSR count). The molecule has 0 fully saturated rings. The van der Waals surface area contributed by atoms with Crippen LogP contribution in [0.1, 0.15) is 129 Å². The van der Waals surface area contributed by atoms with Crippen LogP contribution in [-0.4, -0.2) is 164 Å². The van der Waals surface area contributed by atoms with Gasteiger partial charge in [-0.1, -0.05) is 106 Å². The molecule has 0 spiro atoms. The van der Waals surface area contributed by atoms with Crippen molar-refractivity contribution in [1.29, 1.82) is 0 Å². The molecule has 56 heteroatoms. The van der Waals surface area contributed by atoms with Crippen molar-refractivity contribution in [3.05, 3.63) is 281 Å². The zero-order valence-corrected chi connectivity index (χ0v) is 96.3. The minimum atomic E-state index is -3.65. The molecule has 3 amide bonds. The first-order chi connectivity index (χ1) is 69.1. The van der Waals surface area contributed by atoms with Gasteiger partial charge < -0.3 is 65.2 Å². The number of carbonyl (C=O) groups is 8. The zero-order chi connectivity index (χ0) is 111. The molecule has 0 aliphatic rings. The van der Waals surface area contributed by atoms with Crippen LogP contribution in [0.4, 0.5) is 41.6 Å². The monoisotopic (exact) mass is 2660 g/mol. The quantitative estimate of drug-likeness (QED) is 0.0169. The van der Waals surface area contributed by atoms with Crippen LogP contribution in [0.5, 0.6) is 28.7 Å². The SMILES string of the molecule is CCS(=O)(=O)Nc1cc(C)cc(COc2c(Br)cc(C(=O)NCC(=O)O)cc2Br)c1F.CCS(=O)(=O)Nc1cc(C)cc(COc2c(Cl)cc(CCC(=O)O)cc2Cl)c1F.CCS(=O)(=O)Nc1cccc(COc2c(Br)cc(C(=O)NCC(=O)O)cc2Br)c1Cl.CCS(=O)(=O)Nc1cccc(COc2c(Br)cc(C(=O)NCC(=O)O)cc2Br)c1F.CCS(=O)(=O)Nc1cccc(COc2c(Cl)cc(CCC(=O)O)cc2Cl)c1Cl. The number of benzene rings is 10. The van der Waals surface area contributed by atoms with E-state index in [2.05, 4.69) is 135 Å². The van der Waals surface area contributed by atoms with E-state index in [-0.39, 0.29) is 196 Å². The second-order valence-electron chi connectivity index (χ2n) is 30.5. The summed E-state index contributed by atoms with van der Waals surface area (Å²) in [5, 5.41) is 51.5. The van der Waals surface area contributed by atoms with Crippen LogP contribution >= 0.6 is 165 Å². The van der Waals surface area contributed by atoms with Gasteiger partial charge in [-0.3, -0.25) is 62.0 Å². The molecule has 36 nitrogen and oxygen atoms in total. The highest BCUT2D eigenvalue weighted by atomic mass is 79.9. The molecule has 0 heterocycles. The third-order valence-corrected chi connectivity index (χ3v) is 31.3. The van der Waals surface area contributed by atoms with Gasteiger partial charge in [-0.15, -0.1) is 0 Å². The van der Waals surface area contributed by atoms with E-state index in [9.17, 15) is 93.6 Å². The van der Waals surface area contributed by atoms with E-state index < -0.39 is 135 Å². The zero-order valence-electron chi connectivity index (χ0n) is 78.1. The van der Waals surface area contributed by atoms with E-state index in [4.69, 9.17) is 119 Å². The van der Waals surface area contributed by atoms with Crippen molar-refractivity contribution in [2.75, 3.05) is 72.0 Å². The maximum atomic E-state index is 14.8. The number of carboxylic acid groups (broad SMARTS) is 5. The van der Waals surface area contributed by atoms with E-state index in [0.29, 0.717) is 72.4 Å². The summed E-state index contributed by atoms with van der Waals surface area (Å²) in [7, 11) is -17.9. The lowest BCUT2D eigenvalue weighted by molar-refractivity contribution is -0.138. The van der Waals surface area contributed by atoms with Crippen LogP contribution in [0.3, 0.4) is 0 Å². The number of sulfonamides is 5. The first kappa shape index (κ1) is 127. The lowest BCUT2D eigenvalue weighted by Gasteiger charge is -2.15. The van der Waals surface area contributed by atoms with E-state index in [1.807, 2.05) is 0 Å². The summed E-state index contributed by atoms with van der Waals surface area (Å²) >= 11 is 57.1. The van der Waals surface area contributed by atoms with Crippen LogP contribution in [0, 0.1) is 31.3 Å². The number of rotatable bonds is 45. The van der Waals surface area contributed by atoms with Gasteiger partial charge in [0.05, 0.1) is 114 Å². The summed E-state index contributed by atoms with van der Waals surface area (Å²) in [6.45, 7) is 8.60. The molecular formula is C92H91Br6Cl6F3N8O28S5. The minimum absolute atomic E-state index is 0.00837. The average Bonchev–Trinajstić information content (AvgIpc) is 0.812. The standard InChI is InChI=1S/C19H19Br2FN2O6S.C19H20Cl2FNO5S.C18H17Br2ClN2O6S.C18H17Br2FN2O6S.C18H18Cl3NO5S/c1-3-31(28,29)24-15-5-10(2)4-12(17(15)22)9-30-18-13(20)6-11(7-14(18)21)19(27)23-8-16(25)26;1-3-29(26,27)23-16-7-11(2)6-13(18(16)22)10-28-19-14(20)8-12(9-15(19)21)4-5-17(24)25;2*1-2-30(27,28)23-14-5-3-4-10(16(14)21)9-29-17-12(19)6-11(7-13(17)20)18(26)22-8-15(24)25;1-2-28(25,26)22-15-5-3-4-12(17(15)21)10-27-18-13(19)8-11(9-14(18)20)6-7-16(23)24/h4-7,24H,3,8-9H2,1-2H3,(H,23,27)(H,25,26);6-9,23H,3-5,10H2,1-2H3,(H,24,25);2*3-7,23H,2,8-9H2,1H3,(H,22,26)(H,24,25);3-5,8-9,22H,2,6-7,10H2,1H3,(H,23,24). The number of amides is 3. The van der Waals surface area contributed by atoms with Gasteiger partial charge in [0.2, 0.25) is 50.1 Å². The number of carbonyl (C=O) groups excluding carboxylic acids is 3. The molecule has 0 unspecified atom stereocenters. The van der Waals surface area contributed by atoms with Crippen LogP contribution in [0.15, 0.2) is 166 Å². The molecule has 0 aromatic heterocycles. The number of aliphatic carboxylic acids is 5. The van der Waals surface area contributed by atoms with Crippen molar-refractivity contribution in [2.45, 2.75) is 107 Å². The van der Waals surface area contributed by atoms with Crippen molar-refractivity contribution < 1.29 is 143 Å². The summed E-state index contributed by atoms with van der Waals surface area (Å²) < 4.78 is 204. The number of hydrogen-bond donors (Lipinski definition) is 13. The highest BCUT2D eigenvalue weighted by molar-refractivity contribution is 9.12. The van der Waals surface area contributed by atoms with Crippen molar-refractivity contribution >= 4 is 291 Å². The Kier molecular flexibility index (Phi) is 50.2. The summed E-state index contributed by atoms with van der Waals surface area (Å²) in [6, 6.07) is 34.9. The molecule has 0 saturated heterocycles. The van der Waals surface area contributed by atoms with E-state index in [1.165, 1.54) is 113 Å². The molecule has 0 atom stereocenters. The largest absolute Gasteiger partial charge is 0.486 e. The van der Waals surface area contributed by atoms with Crippen molar-refractivity contribution in [3.8, 4) is 28.7 Å². The molecule has 10 aromatic rings. The van der Waals surface area contributed by atoms with E-state index in [0.717, 1.165) is 0 Å². The second-order valence-corrected chi connectivity index (χ2v) is 48.0. The predicted octanol–water partition coefficient (Wildman–Crippen LogP) is 21.1. The normalized spacial score (nSPS) is 11.2. The Morgan fingerprint density at radius 1 is 0.304 bits per heavy atom. The third kappa shape index (κ3) is 41.0. The highest BCUT2D eigenvalue weighted by Gasteiger charge is 2.26. The molecule has 0 aliphatic carbocycles. The fourth-order valence-electron chi connectivity index (χ4n) is 11.9. The molecule has 10 aromatic carbocycles. The fourth-order valence-corrected chi connectivity index (χ4v) is 21.1. The van der Waals surface area contributed by atoms with Gasteiger partial charge in [-0.2, -0.15) is 0 Å². The highest BCUT2D eigenvalue weighted by Crippen LogP contribution is 2.43. The molecular weight excluding hydrogens is 2570 g/mol. The Labute approximate surface area is 929 Å². The Bertz CT molecular complexity index is 6970. The van der Waals surface area contributed by atoms with E-state index in [1.54, 1.807) is 74.5 Å². The predicted molar refractivity (Wildman–Crippen MR) is 579 cm³/mol. The van der Waals surface area contributed by atoms with Crippen LogP contribution in [0.2, 0.25) is 30.1 Å². The Morgan fingerprint density at radius 3 is 0.797 bits per heavy atom. The fraction of sp³-hybridized carbons (Fsp3) is 0.261. The molecule has 802 valence electrons. The van der Waals surface area contributed by atoms with Gasteiger partial charge in [-0.25, -0.2) is 55.3 Å². The number of ether oxygens (including phenoxy) is 5. The molecule has 0 saturated carbocycles. The summed E-state index contributed by atoms with van der Waals surface area (Å²) in [5.74, 6) is -8.78. The van der Waals surface area contributed by atoms with E-state index >= 15 is 0 Å². The topological polar surface area (TPSA) is 551 Å². The van der Waals surface area contributed by atoms with Crippen LogP contribution in [-0.2, 0) is 120 Å². The number of nitrogens with one attached hydrogen (secondary N) is 8. The number of aryl methyl sites for hydroxylation is 4. The van der Waals surface area contributed by atoms with Gasteiger partial charge in [0.25, 0.3) is 17.7 Å². The number of anilines is 5. The van der Waals surface area contributed by atoms with Crippen molar-refractivity contribution in [1.82, 2.24) is 16.0 Å². The summed E-state index contributed by atoms with van der Waals surface area (Å²) in [4.78, 5) is 89.2. The van der Waals surface area contributed by atoms with Crippen LogP contribution < -0.4 is 63.2 Å². The second kappa shape index (κ2) is 58.7. The van der Waals surface area contributed by atoms with Gasteiger partial charge in [0.1, 0.15) is 69.9 Å². The van der Waals surface area contributed by atoms with Crippen LogP contribution in [0.25, 0.3) is 0 Å². The maximum Gasteiger partial charge on any atom is 0.322 e. The molecule has 0 bridgehead atoms. The molecule has 0 radical (unpaired) electrons. The lowest BCUT2D eigenvalue weighted by atomic mass is 10.1. The number of halogens is 15. The first-order valence-electron chi connectivity index (χ1n) is 42.6. The molecule has 13 N–H and O–H groups in total. The number of hydrogen-bond acceptors (Lipinski definition) is 23. The minimum Gasteiger partial charge on any atom is -0.486 e. The van der Waals surface area contributed by atoms with Gasteiger partial charge in [-0.05, 0) is 282 Å². The Balaban J connectivity index is 0.000000283. The Morgan fingerprint density at radius 2 is 0.534 bits per heavy atom. The summed E-state index contributed by atoms with van der Waals surface area (Å²) in [6.07, 6.45) is 0.434. The van der Waals surface area contributed by atoms with Crippen molar-refractivity contribution in [2.24, 2.45) is 0 Å². The molecule has 0 aliphatic heterocycles. The Hall–Kier alpha value is -9.88. The average molecular weight is 2670 g/mol. The maximum absolute atomic E-state index is 14.8. The van der Waals surface area contributed by atoms with Gasteiger partial charge in [0.15, 0.2) is 29.0 Å². The smallest absolute Gasteiger partial charge is 0.322 e. The lowest BCUT2D eigenvalue weighted by Crippen LogP contribution is -2.29. The van der Waals surface area contributed by atoms with Gasteiger partial charge >= 0.3 is 29.8 Å². The third-order valence-electron chi connectivity index (χ3n) is 19.3.